The number of ether oxygens (including phenoxy) is 1. The molecule has 0 atom stereocenters. The molecule has 0 aliphatic carbocycles. The SMILES string of the molecule is CCCc1c(N)nnn1CCOC. The third kappa shape index (κ3) is 2.42. The van der Waals surface area contributed by atoms with Crippen LogP contribution in [0.1, 0.15) is 19.0 Å². The average molecular weight is 184 g/mol. The monoisotopic (exact) mass is 184 g/mol. The van der Waals surface area contributed by atoms with E-state index in [0.717, 1.165) is 25.1 Å². The van der Waals surface area contributed by atoms with Gasteiger partial charge in [0.05, 0.1) is 18.8 Å². The molecule has 1 aromatic heterocycles. The highest BCUT2D eigenvalue weighted by Crippen LogP contribution is 2.09. The van der Waals surface area contributed by atoms with Gasteiger partial charge in [0.1, 0.15) is 0 Å². The van der Waals surface area contributed by atoms with Gasteiger partial charge in [-0.2, -0.15) is 0 Å². The van der Waals surface area contributed by atoms with Crippen molar-refractivity contribution in [2.75, 3.05) is 19.5 Å². The van der Waals surface area contributed by atoms with Gasteiger partial charge in [0.2, 0.25) is 0 Å². The molecule has 0 fully saturated rings. The van der Waals surface area contributed by atoms with Crippen LogP contribution in [0.15, 0.2) is 0 Å². The van der Waals surface area contributed by atoms with Crippen LogP contribution in [-0.2, 0) is 17.7 Å². The van der Waals surface area contributed by atoms with Crippen LogP contribution in [-0.4, -0.2) is 28.7 Å². The van der Waals surface area contributed by atoms with Crippen LogP contribution < -0.4 is 5.73 Å². The highest BCUT2D eigenvalue weighted by Gasteiger charge is 2.07. The zero-order valence-electron chi connectivity index (χ0n) is 8.16. The second kappa shape index (κ2) is 4.81. The fourth-order valence-electron chi connectivity index (χ4n) is 1.20. The standard InChI is InChI=1S/C8H16N4O/c1-3-4-7-8(9)10-11-12(7)5-6-13-2/h3-6,9H2,1-2H3. The van der Waals surface area contributed by atoms with Crippen LogP contribution in [0.25, 0.3) is 0 Å². The van der Waals surface area contributed by atoms with Gasteiger partial charge in [-0.25, -0.2) is 4.68 Å². The van der Waals surface area contributed by atoms with Gasteiger partial charge in [-0.3, -0.25) is 0 Å². The first-order valence-electron chi connectivity index (χ1n) is 4.46. The molecule has 0 saturated heterocycles. The Morgan fingerprint density at radius 3 is 2.92 bits per heavy atom. The minimum atomic E-state index is 0.540. The lowest BCUT2D eigenvalue weighted by Gasteiger charge is -2.04. The number of rotatable bonds is 5. The molecule has 0 bridgehead atoms. The normalized spacial score (nSPS) is 10.6. The summed E-state index contributed by atoms with van der Waals surface area (Å²) in [4.78, 5) is 0. The third-order valence-electron chi connectivity index (χ3n) is 1.86. The minimum absolute atomic E-state index is 0.540. The summed E-state index contributed by atoms with van der Waals surface area (Å²) in [6, 6.07) is 0. The summed E-state index contributed by atoms with van der Waals surface area (Å²) in [5.74, 6) is 0.540. The molecule has 1 heterocycles. The number of hydrogen-bond donors (Lipinski definition) is 1. The molecule has 74 valence electrons. The van der Waals surface area contributed by atoms with Crippen molar-refractivity contribution in [2.45, 2.75) is 26.3 Å². The van der Waals surface area contributed by atoms with E-state index in [0.29, 0.717) is 12.4 Å². The molecule has 13 heavy (non-hydrogen) atoms. The molecule has 0 spiro atoms. The summed E-state index contributed by atoms with van der Waals surface area (Å²) in [7, 11) is 1.67. The molecule has 0 aliphatic rings. The molecule has 0 aliphatic heterocycles. The first-order valence-corrected chi connectivity index (χ1v) is 4.46. The highest BCUT2D eigenvalue weighted by molar-refractivity contribution is 5.32. The second-order valence-corrected chi connectivity index (χ2v) is 2.89. The predicted octanol–water partition coefficient (Wildman–Crippen LogP) is 0.459. The van der Waals surface area contributed by atoms with Crippen molar-refractivity contribution in [3.05, 3.63) is 5.69 Å². The van der Waals surface area contributed by atoms with E-state index in [4.69, 9.17) is 10.5 Å². The lowest BCUT2D eigenvalue weighted by atomic mass is 10.2. The van der Waals surface area contributed by atoms with E-state index in [-0.39, 0.29) is 0 Å². The molecule has 0 amide bonds. The summed E-state index contributed by atoms with van der Waals surface area (Å²) in [5.41, 5.74) is 6.68. The van der Waals surface area contributed by atoms with Crippen molar-refractivity contribution in [1.29, 1.82) is 0 Å². The molecule has 2 N–H and O–H groups in total. The summed E-state index contributed by atoms with van der Waals surface area (Å²) in [6.07, 6.45) is 1.97. The van der Waals surface area contributed by atoms with Crippen LogP contribution in [0.5, 0.6) is 0 Å². The maximum Gasteiger partial charge on any atom is 0.169 e. The fourth-order valence-corrected chi connectivity index (χ4v) is 1.20. The van der Waals surface area contributed by atoms with Crippen LogP contribution in [0.4, 0.5) is 5.82 Å². The minimum Gasteiger partial charge on any atom is -0.383 e. The van der Waals surface area contributed by atoms with Crippen molar-refractivity contribution >= 4 is 5.82 Å². The van der Waals surface area contributed by atoms with Crippen LogP contribution in [0.2, 0.25) is 0 Å². The first kappa shape index (κ1) is 9.98. The van der Waals surface area contributed by atoms with Gasteiger partial charge in [0.25, 0.3) is 0 Å². The van der Waals surface area contributed by atoms with Gasteiger partial charge in [-0.05, 0) is 6.42 Å². The molecule has 0 saturated carbocycles. The quantitative estimate of drug-likeness (QED) is 0.722. The summed E-state index contributed by atoms with van der Waals surface area (Å²) >= 11 is 0. The fraction of sp³-hybridized carbons (Fsp3) is 0.750. The van der Waals surface area contributed by atoms with Crippen molar-refractivity contribution in [1.82, 2.24) is 15.0 Å². The van der Waals surface area contributed by atoms with Crippen LogP contribution in [0.3, 0.4) is 0 Å². The highest BCUT2D eigenvalue weighted by atomic mass is 16.5. The van der Waals surface area contributed by atoms with Gasteiger partial charge in [0, 0.05) is 7.11 Å². The Morgan fingerprint density at radius 2 is 2.31 bits per heavy atom. The van der Waals surface area contributed by atoms with E-state index in [2.05, 4.69) is 17.2 Å². The molecule has 5 nitrogen and oxygen atoms in total. The van der Waals surface area contributed by atoms with Gasteiger partial charge in [-0.15, -0.1) is 5.10 Å². The number of anilines is 1. The van der Waals surface area contributed by atoms with Crippen LogP contribution >= 0.6 is 0 Å². The Bertz CT molecular complexity index is 259. The van der Waals surface area contributed by atoms with E-state index in [9.17, 15) is 0 Å². The maximum atomic E-state index is 5.66. The van der Waals surface area contributed by atoms with Crippen molar-refractivity contribution in [2.24, 2.45) is 0 Å². The zero-order valence-corrected chi connectivity index (χ0v) is 8.16. The topological polar surface area (TPSA) is 66.0 Å². The molecule has 1 aromatic rings. The van der Waals surface area contributed by atoms with E-state index in [1.807, 2.05) is 4.68 Å². The Morgan fingerprint density at radius 1 is 1.54 bits per heavy atom. The lowest BCUT2D eigenvalue weighted by molar-refractivity contribution is 0.182. The molecule has 1 rings (SSSR count). The third-order valence-corrected chi connectivity index (χ3v) is 1.86. The van der Waals surface area contributed by atoms with Crippen molar-refractivity contribution < 1.29 is 4.74 Å². The Hall–Kier alpha value is -1.10. The molecule has 0 unspecified atom stereocenters. The summed E-state index contributed by atoms with van der Waals surface area (Å²) < 4.78 is 6.77. The van der Waals surface area contributed by atoms with Crippen LogP contribution in [0, 0.1) is 0 Å². The Kier molecular flexibility index (Phi) is 3.70. The van der Waals surface area contributed by atoms with E-state index >= 15 is 0 Å². The lowest BCUT2D eigenvalue weighted by Crippen LogP contribution is -2.10. The molecular formula is C8H16N4O. The number of hydrogen-bond acceptors (Lipinski definition) is 4. The van der Waals surface area contributed by atoms with E-state index < -0.39 is 0 Å². The maximum absolute atomic E-state index is 5.66. The van der Waals surface area contributed by atoms with Gasteiger partial charge < -0.3 is 10.5 Å². The number of nitrogens with two attached hydrogens (primary N) is 1. The first-order chi connectivity index (χ1) is 6.29. The smallest absolute Gasteiger partial charge is 0.169 e. The Balaban J connectivity index is 2.68. The average Bonchev–Trinajstić information content (AvgIpc) is 2.46. The van der Waals surface area contributed by atoms with Crippen molar-refractivity contribution in [3.63, 3.8) is 0 Å². The molecule has 5 heteroatoms. The number of aromatic nitrogens is 3. The number of nitrogens with zero attached hydrogens (tertiary/aromatic N) is 3. The summed E-state index contributed by atoms with van der Waals surface area (Å²) in [6.45, 7) is 3.46. The zero-order chi connectivity index (χ0) is 9.68. The summed E-state index contributed by atoms with van der Waals surface area (Å²) in [5, 5.41) is 7.76. The second-order valence-electron chi connectivity index (χ2n) is 2.89. The van der Waals surface area contributed by atoms with E-state index in [1.165, 1.54) is 0 Å². The van der Waals surface area contributed by atoms with Crippen molar-refractivity contribution in [3.8, 4) is 0 Å². The van der Waals surface area contributed by atoms with Gasteiger partial charge in [-0.1, -0.05) is 18.6 Å². The molecular weight excluding hydrogens is 168 g/mol. The number of nitrogen functional groups attached to an aromatic ring is 1. The largest absolute Gasteiger partial charge is 0.383 e. The molecule has 0 aromatic carbocycles. The predicted molar refractivity (Wildman–Crippen MR) is 50.3 cm³/mol. The Labute approximate surface area is 77.9 Å². The van der Waals surface area contributed by atoms with E-state index in [1.54, 1.807) is 7.11 Å². The number of methoxy groups -OCH3 is 1. The van der Waals surface area contributed by atoms with Gasteiger partial charge >= 0.3 is 0 Å². The van der Waals surface area contributed by atoms with Gasteiger partial charge in [0.15, 0.2) is 5.82 Å². The molecule has 0 radical (unpaired) electrons.